The van der Waals surface area contributed by atoms with Crippen molar-refractivity contribution in [3.8, 4) is 5.75 Å². The maximum atomic E-state index is 12.7. The molecule has 1 heterocycles. The lowest BCUT2D eigenvalue weighted by atomic mass is 10.2. The summed E-state index contributed by atoms with van der Waals surface area (Å²) in [6, 6.07) is 11.1. The number of carbonyl (C=O) groups excluding carboxylic acids is 1. The van der Waals surface area contributed by atoms with Gasteiger partial charge in [0.2, 0.25) is 5.91 Å². The molecule has 0 unspecified atom stereocenters. The molecule has 0 saturated heterocycles. The van der Waals surface area contributed by atoms with E-state index in [0.717, 1.165) is 10.6 Å². The van der Waals surface area contributed by atoms with Crippen LogP contribution in [0.15, 0.2) is 41.8 Å². The van der Waals surface area contributed by atoms with E-state index in [1.807, 2.05) is 29.6 Å². The summed E-state index contributed by atoms with van der Waals surface area (Å²) in [4.78, 5) is 26.5. The fourth-order valence-electron chi connectivity index (χ4n) is 2.56. The molecule has 1 N–H and O–H groups in total. The number of ether oxygens (including phenoxy) is 1. The van der Waals surface area contributed by atoms with E-state index in [-0.39, 0.29) is 5.91 Å². The molecule has 0 radical (unpaired) electrons. The first kappa shape index (κ1) is 15.6. The zero-order valence-corrected chi connectivity index (χ0v) is 13.5. The average Bonchev–Trinajstić information content (AvgIpc) is 3.21. The van der Waals surface area contributed by atoms with Crippen LogP contribution in [0.1, 0.15) is 11.3 Å². The second kappa shape index (κ2) is 6.42. The molecule has 1 aliphatic carbocycles. The summed E-state index contributed by atoms with van der Waals surface area (Å²) in [7, 11) is 1.59. The van der Waals surface area contributed by atoms with E-state index in [4.69, 9.17) is 9.84 Å². The number of hydrogen-bond donors (Lipinski definition) is 1. The Hall–Kier alpha value is -2.34. The van der Waals surface area contributed by atoms with E-state index in [1.54, 1.807) is 35.5 Å². The highest BCUT2D eigenvalue weighted by Crippen LogP contribution is 2.41. The number of hydrogen-bond acceptors (Lipinski definition) is 4. The summed E-state index contributed by atoms with van der Waals surface area (Å²) in [5.74, 6) is -1.28. The predicted octanol–water partition coefficient (Wildman–Crippen LogP) is 3.01. The molecule has 3 rings (SSSR count). The van der Waals surface area contributed by atoms with Crippen LogP contribution in [-0.4, -0.2) is 24.1 Å². The molecule has 120 valence electrons. The number of thiophene rings is 1. The van der Waals surface area contributed by atoms with Gasteiger partial charge in [0.1, 0.15) is 5.75 Å². The summed E-state index contributed by atoms with van der Waals surface area (Å²) in [6.45, 7) is 0.450. The topological polar surface area (TPSA) is 66.8 Å². The first-order valence-corrected chi connectivity index (χ1v) is 8.18. The summed E-state index contributed by atoms with van der Waals surface area (Å²) in [6.07, 6.45) is 0.422. The minimum absolute atomic E-state index is 0.129. The van der Waals surface area contributed by atoms with Gasteiger partial charge >= 0.3 is 5.97 Å². The van der Waals surface area contributed by atoms with Gasteiger partial charge in [-0.25, -0.2) is 0 Å². The molecule has 6 heteroatoms. The van der Waals surface area contributed by atoms with Crippen LogP contribution in [0.5, 0.6) is 5.75 Å². The van der Waals surface area contributed by atoms with Crippen LogP contribution < -0.4 is 9.64 Å². The Balaban J connectivity index is 1.84. The molecule has 0 spiro atoms. The van der Waals surface area contributed by atoms with Crippen LogP contribution in [0, 0.1) is 11.8 Å². The van der Waals surface area contributed by atoms with Crippen LogP contribution >= 0.6 is 11.3 Å². The van der Waals surface area contributed by atoms with E-state index in [2.05, 4.69) is 0 Å². The molecule has 1 aliphatic rings. The van der Waals surface area contributed by atoms with Gasteiger partial charge in [0.05, 0.1) is 25.5 Å². The van der Waals surface area contributed by atoms with Crippen LogP contribution in [0.4, 0.5) is 5.69 Å². The van der Waals surface area contributed by atoms with Crippen LogP contribution in [0.2, 0.25) is 0 Å². The largest absolute Gasteiger partial charge is 0.497 e. The Labute approximate surface area is 138 Å². The highest BCUT2D eigenvalue weighted by molar-refractivity contribution is 7.09. The number of carboxylic acids is 1. The second-order valence-electron chi connectivity index (χ2n) is 5.49. The Morgan fingerprint density at radius 3 is 2.52 bits per heavy atom. The van der Waals surface area contributed by atoms with E-state index < -0.39 is 17.8 Å². The molecule has 1 saturated carbocycles. The molecule has 2 aromatic rings. The van der Waals surface area contributed by atoms with Crippen molar-refractivity contribution in [3.05, 3.63) is 46.7 Å². The first-order chi connectivity index (χ1) is 11.1. The maximum absolute atomic E-state index is 12.7. The lowest BCUT2D eigenvalue weighted by Crippen LogP contribution is -2.32. The number of nitrogens with zero attached hydrogens (tertiary/aromatic N) is 1. The number of carbonyl (C=O) groups is 2. The molecule has 2 atom stereocenters. The van der Waals surface area contributed by atoms with Crippen molar-refractivity contribution in [3.63, 3.8) is 0 Å². The van der Waals surface area contributed by atoms with Gasteiger partial charge in [0.25, 0.3) is 0 Å². The molecule has 1 fully saturated rings. The van der Waals surface area contributed by atoms with Crippen LogP contribution in [0.3, 0.4) is 0 Å². The molecule has 23 heavy (non-hydrogen) atoms. The number of anilines is 1. The zero-order valence-electron chi connectivity index (χ0n) is 12.6. The third-order valence-corrected chi connectivity index (χ3v) is 4.83. The number of amides is 1. The zero-order chi connectivity index (χ0) is 16.4. The number of rotatable bonds is 6. The summed E-state index contributed by atoms with van der Waals surface area (Å²) in [5.41, 5.74) is 0.750. The molecule has 0 aliphatic heterocycles. The van der Waals surface area contributed by atoms with Gasteiger partial charge in [0, 0.05) is 10.6 Å². The van der Waals surface area contributed by atoms with Crippen molar-refractivity contribution in [1.29, 1.82) is 0 Å². The van der Waals surface area contributed by atoms with Crippen molar-refractivity contribution in [2.45, 2.75) is 13.0 Å². The third kappa shape index (κ3) is 3.37. The minimum Gasteiger partial charge on any atom is -0.497 e. The highest BCUT2D eigenvalue weighted by Gasteiger charge is 2.50. The van der Waals surface area contributed by atoms with Crippen molar-refractivity contribution in [2.75, 3.05) is 12.0 Å². The average molecular weight is 331 g/mol. The molecule has 1 amide bonds. The monoisotopic (exact) mass is 331 g/mol. The van der Waals surface area contributed by atoms with Crippen molar-refractivity contribution >= 4 is 28.9 Å². The summed E-state index contributed by atoms with van der Waals surface area (Å²) >= 11 is 1.58. The van der Waals surface area contributed by atoms with Gasteiger partial charge in [-0.15, -0.1) is 11.3 Å². The highest BCUT2D eigenvalue weighted by atomic mass is 32.1. The quantitative estimate of drug-likeness (QED) is 0.883. The lowest BCUT2D eigenvalue weighted by Gasteiger charge is -2.22. The summed E-state index contributed by atoms with van der Waals surface area (Å²) in [5, 5.41) is 11.0. The van der Waals surface area contributed by atoms with Gasteiger partial charge in [-0.1, -0.05) is 6.07 Å². The fraction of sp³-hybridized carbons (Fsp3) is 0.294. The van der Waals surface area contributed by atoms with Gasteiger partial charge in [-0.05, 0) is 42.1 Å². The number of carboxylic acid groups (broad SMARTS) is 1. The van der Waals surface area contributed by atoms with E-state index in [1.165, 1.54) is 0 Å². The van der Waals surface area contributed by atoms with Crippen molar-refractivity contribution < 1.29 is 19.4 Å². The normalized spacial score (nSPS) is 19.2. The Bertz CT molecular complexity index is 696. The molecular weight excluding hydrogens is 314 g/mol. The van der Waals surface area contributed by atoms with E-state index >= 15 is 0 Å². The molecule has 1 aromatic heterocycles. The number of aliphatic carboxylic acids is 1. The standard InChI is InChI=1S/C17H17NO4S/c1-22-12-6-4-11(5-7-12)18(10-13-3-2-8-23-13)16(19)14-9-15(14)17(20)21/h2-8,14-15H,9-10H2,1H3,(H,20,21)/t14-,15+/m1/s1. The lowest BCUT2D eigenvalue weighted by molar-refractivity contribution is -0.140. The number of benzene rings is 1. The first-order valence-electron chi connectivity index (χ1n) is 7.30. The van der Waals surface area contributed by atoms with Crippen LogP contribution in [0.25, 0.3) is 0 Å². The van der Waals surface area contributed by atoms with Gasteiger partial charge in [0.15, 0.2) is 0 Å². The minimum atomic E-state index is -0.894. The molecule has 1 aromatic carbocycles. The van der Waals surface area contributed by atoms with Gasteiger partial charge < -0.3 is 14.7 Å². The second-order valence-corrected chi connectivity index (χ2v) is 6.52. The van der Waals surface area contributed by atoms with E-state index in [9.17, 15) is 9.59 Å². The fourth-order valence-corrected chi connectivity index (χ4v) is 3.25. The predicted molar refractivity (Wildman–Crippen MR) is 87.7 cm³/mol. The van der Waals surface area contributed by atoms with Crippen LogP contribution in [-0.2, 0) is 16.1 Å². The smallest absolute Gasteiger partial charge is 0.307 e. The van der Waals surface area contributed by atoms with Crippen molar-refractivity contribution in [2.24, 2.45) is 11.8 Å². The Morgan fingerprint density at radius 2 is 2.00 bits per heavy atom. The number of methoxy groups -OCH3 is 1. The maximum Gasteiger partial charge on any atom is 0.307 e. The van der Waals surface area contributed by atoms with E-state index in [0.29, 0.717) is 18.7 Å². The third-order valence-electron chi connectivity index (χ3n) is 3.97. The molecule has 0 bridgehead atoms. The van der Waals surface area contributed by atoms with Gasteiger partial charge in [-0.3, -0.25) is 9.59 Å². The Kier molecular flexibility index (Phi) is 4.34. The van der Waals surface area contributed by atoms with Gasteiger partial charge in [-0.2, -0.15) is 0 Å². The molecule has 5 nitrogen and oxygen atoms in total. The SMILES string of the molecule is COc1ccc(N(Cc2cccs2)C(=O)[C@@H]2C[C@@H]2C(=O)O)cc1. The van der Waals surface area contributed by atoms with Crippen molar-refractivity contribution in [1.82, 2.24) is 0 Å². The Morgan fingerprint density at radius 1 is 1.26 bits per heavy atom. The summed E-state index contributed by atoms with van der Waals surface area (Å²) < 4.78 is 5.14. The molecular formula is C17H17NO4S.